The Labute approximate surface area is 117 Å². The van der Waals surface area contributed by atoms with Gasteiger partial charge in [-0.1, -0.05) is 6.07 Å². The Bertz CT molecular complexity index is 543. The average Bonchev–Trinajstić information content (AvgIpc) is 2.90. The Morgan fingerprint density at radius 2 is 2.26 bits per heavy atom. The highest BCUT2D eigenvalue weighted by atomic mass is 32.2. The third-order valence-electron chi connectivity index (χ3n) is 3.05. The molecule has 1 unspecified atom stereocenters. The van der Waals surface area contributed by atoms with Gasteiger partial charge in [0.2, 0.25) is 10.0 Å². The Balaban J connectivity index is 2.13. The van der Waals surface area contributed by atoms with Crippen molar-refractivity contribution in [3.63, 3.8) is 0 Å². The first-order valence-electron chi connectivity index (χ1n) is 6.12. The molecule has 1 aromatic carbocycles. The van der Waals surface area contributed by atoms with E-state index in [1.807, 2.05) is 0 Å². The number of thioether (sulfide) groups is 1. The Morgan fingerprint density at radius 3 is 2.89 bits per heavy atom. The molecule has 1 atom stereocenters. The zero-order valence-corrected chi connectivity index (χ0v) is 12.1. The predicted octanol–water partition coefficient (Wildman–Crippen LogP) is 1.46. The molecule has 0 bridgehead atoms. The van der Waals surface area contributed by atoms with Gasteiger partial charge >= 0.3 is 0 Å². The van der Waals surface area contributed by atoms with Crippen LogP contribution in [0.1, 0.15) is 18.4 Å². The molecule has 4 nitrogen and oxygen atoms in total. The van der Waals surface area contributed by atoms with Crippen LogP contribution in [-0.4, -0.2) is 26.0 Å². The molecule has 1 saturated heterocycles. The lowest BCUT2D eigenvalue weighted by Crippen LogP contribution is -2.30. The minimum Gasteiger partial charge on any atom is -0.326 e. The number of benzene rings is 1. The van der Waals surface area contributed by atoms with Crippen LogP contribution in [0.4, 0.5) is 4.39 Å². The summed E-state index contributed by atoms with van der Waals surface area (Å²) in [5.41, 5.74) is 6.04. The SMILES string of the molecule is NCc1ccc(F)c(S(=O)(=O)NCC2CCCS2)c1. The topological polar surface area (TPSA) is 72.2 Å². The lowest BCUT2D eigenvalue weighted by Gasteiger charge is -2.12. The van der Waals surface area contributed by atoms with Crippen LogP contribution < -0.4 is 10.5 Å². The maximum absolute atomic E-state index is 13.6. The van der Waals surface area contributed by atoms with E-state index in [2.05, 4.69) is 4.72 Å². The van der Waals surface area contributed by atoms with Crippen molar-refractivity contribution in [2.45, 2.75) is 29.5 Å². The Morgan fingerprint density at radius 1 is 1.47 bits per heavy atom. The highest BCUT2D eigenvalue weighted by Gasteiger charge is 2.22. The standard InChI is InChI=1S/C12H17FN2O2S2/c13-11-4-3-9(7-14)6-12(11)19(16,17)15-8-10-2-1-5-18-10/h3-4,6,10,15H,1-2,5,7-8,14H2. The first kappa shape index (κ1) is 14.8. The lowest BCUT2D eigenvalue weighted by molar-refractivity contribution is 0.555. The van der Waals surface area contributed by atoms with E-state index in [9.17, 15) is 12.8 Å². The molecule has 3 N–H and O–H groups in total. The van der Waals surface area contributed by atoms with E-state index < -0.39 is 15.8 Å². The van der Waals surface area contributed by atoms with E-state index in [0.717, 1.165) is 24.7 Å². The van der Waals surface area contributed by atoms with Gasteiger partial charge in [0.1, 0.15) is 10.7 Å². The van der Waals surface area contributed by atoms with Crippen LogP contribution >= 0.6 is 11.8 Å². The summed E-state index contributed by atoms with van der Waals surface area (Å²) in [5.74, 6) is 0.312. The fourth-order valence-electron chi connectivity index (χ4n) is 1.97. The van der Waals surface area contributed by atoms with Crippen LogP contribution in [-0.2, 0) is 16.6 Å². The number of nitrogens with two attached hydrogens (primary N) is 1. The van der Waals surface area contributed by atoms with Crippen LogP contribution in [0.25, 0.3) is 0 Å². The van der Waals surface area contributed by atoms with Gasteiger partial charge in [0, 0.05) is 18.3 Å². The molecule has 19 heavy (non-hydrogen) atoms. The molecule has 1 fully saturated rings. The van der Waals surface area contributed by atoms with Gasteiger partial charge in [-0.15, -0.1) is 0 Å². The monoisotopic (exact) mass is 304 g/mol. The molecule has 1 aliphatic heterocycles. The van der Waals surface area contributed by atoms with Crippen LogP contribution in [0, 0.1) is 5.82 Å². The third-order valence-corrected chi connectivity index (χ3v) is 5.88. The second-order valence-corrected chi connectivity index (χ2v) is 7.60. The van der Waals surface area contributed by atoms with Gasteiger partial charge in [-0.05, 0) is 36.3 Å². The average molecular weight is 304 g/mol. The Kier molecular flexibility index (Phi) is 4.83. The summed E-state index contributed by atoms with van der Waals surface area (Å²) in [6.07, 6.45) is 2.10. The lowest BCUT2D eigenvalue weighted by atomic mass is 10.2. The van der Waals surface area contributed by atoms with Crippen molar-refractivity contribution in [3.05, 3.63) is 29.6 Å². The van der Waals surface area contributed by atoms with Gasteiger partial charge in [-0.25, -0.2) is 17.5 Å². The van der Waals surface area contributed by atoms with Gasteiger partial charge in [0.15, 0.2) is 0 Å². The molecule has 7 heteroatoms. The molecule has 0 radical (unpaired) electrons. The Hall–Kier alpha value is -0.630. The molecular weight excluding hydrogens is 287 g/mol. The predicted molar refractivity (Wildman–Crippen MR) is 75.0 cm³/mol. The first-order valence-corrected chi connectivity index (χ1v) is 8.66. The van der Waals surface area contributed by atoms with Crippen molar-refractivity contribution in [1.82, 2.24) is 4.72 Å². The number of rotatable bonds is 5. The van der Waals surface area contributed by atoms with Crippen LogP contribution in [0.3, 0.4) is 0 Å². The highest BCUT2D eigenvalue weighted by Crippen LogP contribution is 2.26. The molecular formula is C12H17FN2O2S2. The minimum atomic E-state index is -3.80. The summed E-state index contributed by atoms with van der Waals surface area (Å²) in [7, 11) is -3.80. The second kappa shape index (κ2) is 6.21. The zero-order valence-electron chi connectivity index (χ0n) is 10.4. The van der Waals surface area contributed by atoms with Gasteiger partial charge in [-0.2, -0.15) is 11.8 Å². The fourth-order valence-corrected chi connectivity index (χ4v) is 4.48. The van der Waals surface area contributed by atoms with Crippen molar-refractivity contribution < 1.29 is 12.8 Å². The number of sulfonamides is 1. The molecule has 1 aliphatic rings. The summed E-state index contributed by atoms with van der Waals surface area (Å²) in [6.45, 7) is 0.528. The van der Waals surface area contributed by atoms with Crippen LogP contribution in [0.5, 0.6) is 0 Å². The molecule has 0 aliphatic carbocycles. The minimum absolute atomic E-state index is 0.182. The second-order valence-electron chi connectivity index (χ2n) is 4.46. The molecule has 1 heterocycles. The van der Waals surface area contributed by atoms with Gasteiger partial charge < -0.3 is 5.73 Å². The number of nitrogens with one attached hydrogen (secondary N) is 1. The van der Waals surface area contributed by atoms with E-state index in [4.69, 9.17) is 5.73 Å². The largest absolute Gasteiger partial charge is 0.326 e. The van der Waals surface area contributed by atoms with Crippen LogP contribution in [0.2, 0.25) is 0 Å². The summed E-state index contributed by atoms with van der Waals surface area (Å²) in [5, 5.41) is 0.288. The number of halogens is 1. The van der Waals surface area contributed by atoms with E-state index in [1.54, 1.807) is 11.8 Å². The molecule has 0 spiro atoms. The normalized spacial score (nSPS) is 19.8. The van der Waals surface area contributed by atoms with Crippen molar-refractivity contribution in [3.8, 4) is 0 Å². The zero-order chi connectivity index (χ0) is 13.9. The van der Waals surface area contributed by atoms with E-state index in [-0.39, 0.29) is 16.7 Å². The fraction of sp³-hybridized carbons (Fsp3) is 0.500. The maximum atomic E-state index is 13.6. The molecule has 106 valence electrons. The molecule has 0 amide bonds. The van der Waals surface area contributed by atoms with E-state index in [0.29, 0.717) is 12.1 Å². The van der Waals surface area contributed by atoms with Crippen molar-refractivity contribution in [2.24, 2.45) is 5.73 Å². The summed E-state index contributed by atoms with van der Waals surface area (Å²) in [6, 6.07) is 3.92. The van der Waals surface area contributed by atoms with Gasteiger partial charge in [0.05, 0.1) is 0 Å². The van der Waals surface area contributed by atoms with Crippen molar-refractivity contribution in [1.29, 1.82) is 0 Å². The van der Waals surface area contributed by atoms with Crippen LogP contribution in [0.15, 0.2) is 23.1 Å². The number of hydrogen-bond acceptors (Lipinski definition) is 4. The van der Waals surface area contributed by atoms with Crippen molar-refractivity contribution >= 4 is 21.8 Å². The summed E-state index contributed by atoms with van der Waals surface area (Å²) in [4.78, 5) is -0.321. The molecule has 0 aromatic heterocycles. The van der Waals surface area contributed by atoms with E-state index in [1.165, 1.54) is 12.1 Å². The highest BCUT2D eigenvalue weighted by molar-refractivity contribution is 8.00. The number of hydrogen-bond donors (Lipinski definition) is 2. The van der Waals surface area contributed by atoms with Gasteiger partial charge in [0.25, 0.3) is 0 Å². The molecule has 1 aromatic rings. The first-order chi connectivity index (χ1) is 9.03. The molecule has 0 saturated carbocycles. The smallest absolute Gasteiger partial charge is 0.243 e. The van der Waals surface area contributed by atoms with Crippen molar-refractivity contribution in [2.75, 3.05) is 12.3 Å². The summed E-state index contributed by atoms with van der Waals surface area (Å²) >= 11 is 1.75. The molecule has 2 rings (SSSR count). The maximum Gasteiger partial charge on any atom is 0.243 e. The van der Waals surface area contributed by atoms with Gasteiger partial charge in [-0.3, -0.25) is 0 Å². The quantitative estimate of drug-likeness (QED) is 0.864. The summed E-state index contributed by atoms with van der Waals surface area (Å²) < 4.78 is 40.3. The third kappa shape index (κ3) is 3.68. The van der Waals surface area contributed by atoms with E-state index >= 15 is 0 Å².